The fourth-order valence-corrected chi connectivity index (χ4v) is 0. The van der Waals surface area contributed by atoms with Crippen LogP contribution in [-0.2, 0) is 70.0 Å². The normalized spacial score (nSPS) is 3.60. The van der Waals surface area contributed by atoms with Gasteiger partial charge in [-0.05, 0) is 0 Å². The first-order valence-electron chi connectivity index (χ1n) is 0.577. The van der Waals surface area contributed by atoms with Gasteiger partial charge < -0.3 is 30.3 Å². The summed E-state index contributed by atoms with van der Waals surface area (Å²) in [4.78, 5) is 0. The van der Waals surface area contributed by atoms with Gasteiger partial charge in [-0.1, -0.05) is 0 Å². The van der Waals surface area contributed by atoms with Crippen LogP contribution in [0.2, 0.25) is 0 Å². The monoisotopic (exact) mass is 292 g/mol. The zero-order chi connectivity index (χ0) is 2.71. The summed E-state index contributed by atoms with van der Waals surface area (Å²) in [6.45, 7) is 0. The molecule has 0 aliphatic heterocycles. The molecule has 0 N–H and O–H groups in total. The SMILES string of the molecule is [Ag+].[Ag+].[S-]C[S-]. The van der Waals surface area contributed by atoms with Crippen molar-refractivity contribution in [3.8, 4) is 0 Å². The van der Waals surface area contributed by atoms with E-state index in [1.54, 1.807) is 0 Å². The Morgan fingerprint density at radius 3 is 1.00 bits per heavy atom. The van der Waals surface area contributed by atoms with Gasteiger partial charge in [0, 0.05) is 0 Å². The van der Waals surface area contributed by atoms with E-state index in [-0.39, 0.29) is 44.8 Å². The third-order valence-corrected chi connectivity index (χ3v) is 0. The molecule has 40 valence electrons. The van der Waals surface area contributed by atoms with E-state index in [1.807, 2.05) is 0 Å². The van der Waals surface area contributed by atoms with E-state index >= 15 is 0 Å². The molecule has 0 amide bonds. The average Bonchev–Trinajstić information content (AvgIpc) is 0.918. The van der Waals surface area contributed by atoms with Gasteiger partial charge in [0.05, 0.1) is 0 Å². The van der Waals surface area contributed by atoms with Gasteiger partial charge in [0.1, 0.15) is 0 Å². The zero-order valence-electron chi connectivity index (χ0n) is 2.13. The van der Waals surface area contributed by atoms with Crippen LogP contribution < -0.4 is 0 Å². The van der Waals surface area contributed by atoms with E-state index in [1.165, 1.54) is 0 Å². The predicted octanol–water partition coefficient (Wildman–Crippen LogP) is 0.0327. The van der Waals surface area contributed by atoms with Crippen LogP contribution in [0.1, 0.15) is 0 Å². The van der Waals surface area contributed by atoms with Crippen LogP contribution in [0, 0.1) is 0 Å². The summed E-state index contributed by atoms with van der Waals surface area (Å²) in [5.41, 5.74) is 0. The molecule has 0 atom stereocenters. The molecule has 4 heteroatoms. The smallest absolute Gasteiger partial charge is 0.818 e. The molecule has 0 nitrogen and oxygen atoms in total. The van der Waals surface area contributed by atoms with Crippen molar-refractivity contribution in [1.82, 2.24) is 0 Å². The number of rotatable bonds is 0. The molecular weight excluding hydrogens is 292 g/mol. The third-order valence-electron chi connectivity index (χ3n) is 0. The van der Waals surface area contributed by atoms with Crippen LogP contribution in [0.5, 0.6) is 0 Å². The second-order valence-electron chi connectivity index (χ2n) is 0.118. The Morgan fingerprint density at radius 2 is 1.00 bits per heavy atom. The van der Waals surface area contributed by atoms with Gasteiger partial charge in [0.25, 0.3) is 0 Å². The van der Waals surface area contributed by atoms with Crippen molar-refractivity contribution in [2.75, 3.05) is 5.08 Å². The summed E-state index contributed by atoms with van der Waals surface area (Å²) in [5.74, 6) is 0. The minimum atomic E-state index is 0. The van der Waals surface area contributed by atoms with Gasteiger partial charge in [-0.15, -0.1) is 0 Å². The standard InChI is InChI=1S/CH4S2.2Ag/c2-1-3;;/h2-3H,1H2;;/q;2*+1/p-2. The molecule has 0 fully saturated rings. The van der Waals surface area contributed by atoms with Crippen LogP contribution in [0.4, 0.5) is 0 Å². The Labute approximate surface area is 74.3 Å². The second kappa shape index (κ2) is 16.4. The Hall–Kier alpha value is 2.18. The molecule has 0 spiro atoms. The Morgan fingerprint density at radius 1 is 1.00 bits per heavy atom. The molecule has 0 aliphatic rings. The first-order chi connectivity index (χ1) is 1.41. The fourth-order valence-electron chi connectivity index (χ4n) is 0. The van der Waals surface area contributed by atoms with E-state index in [0.29, 0.717) is 5.08 Å². The molecule has 0 aromatic heterocycles. The Kier molecular flexibility index (Phi) is 51.5. The maximum absolute atomic E-state index is 4.21. The first kappa shape index (κ1) is 15.7. The molecule has 0 radical (unpaired) electrons. The van der Waals surface area contributed by atoms with Crippen LogP contribution in [0.3, 0.4) is 0 Å². The molecule has 0 unspecified atom stereocenters. The molecule has 0 aliphatic carbocycles. The molecule has 0 aromatic rings. The molecule has 5 heavy (non-hydrogen) atoms. The van der Waals surface area contributed by atoms with Crippen LogP contribution in [0.15, 0.2) is 0 Å². The predicted molar refractivity (Wildman–Crippen MR) is 19.6 cm³/mol. The molecule has 0 aromatic carbocycles. The van der Waals surface area contributed by atoms with Crippen molar-refractivity contribution in [2.24, 2.45) is 0 Å². The van der Waals surface area contributed by atoms with Crippen molar-refractivity contribution < 1.29 is 44.8 Å². The quantitative estimate of drug-likeness (QED) is 0.457. The van der Waals surface area contributed by atoms with Crippen LogP contribution >= 0.6 is 0 Å². The summed E-state index contributed by atoms with van der Waals surface area (Å²) < 4.78 is 0. The van der Waals surface area contributed by atoms with Gasteiger partial charge in [-0.25, -0.2) is 0 Å². The topological polar surface area (TPSA) is 0 Å². The molecular formula is CH2Ag2S2. The van der Waals surface area contributed by atoms with Crippen LogP contribution in [-0.4, -0.2) is 5.08 Å². The maximum Gasteiger partial charge on any atom is 1.00 e. The Bertz CT molecular complexity index is 7.61. The van der Waals surface area contributed by atoms with E-state index in [2.05, 4.69) is 25.3 Å². The summed E-state index contributed by atoms with van der Waals surface area (Å²) in [6, 6.07) is 0. The molecule has 0 heterocycles. The second-order valence-corrected chi connectivity index (χ2v) is 1.06. The number of hydrogen-bond acceptors (Lipinski definition) is 2. The van der Waals surface area contributed by atoms with Crippen molar-refractivity contribution in [3.63, 3.8) is 0 Å². The average molecular weight is 294 g/mol. The Balaban J connectivity index is -0.0000000200. The largest absolute Gasteiger partial charge is 1.00 e. The van der Waals surface area contributed by atoms with E-state index in [4.69, 9.17) is 0 Å². The zero-order valence-corrected chi connectivity index (χ0v) is 6.72. The van der Waals surface area contributed by atoms with Gasteiger partial charge >= 0.3 is 44.8 Å². The van der Waals surface area contributed by atoms with Crippen molar-refractivity contribution in [3.05, 3.63) is 0 Å². The minimum absolute atomic E-state index is 0. The molecule has 0 bridgehead atoms. The summed E-state index contributed by atoms with van der Waals surface area (Å²) >= 11 is 8.42. The van der Waals surface area contributed by atoms with E-state index < -0.39 is 0 Å². The van der Waals surface area contributed by atoms with E-state index in [9.17, 15) is 0 Å². The fraction of sp³-hybridized carbons (Fsp3) is 1.00. The molecule has 0 saturated heterocycles. The molecule has 0 saturated carbocycles. The number of hydrogen-bond donors (Lipinski definition) is 0. The van der Waals surface area contributed by atoms with Crippen molar-refractivity contribution in [2.45, 2.75) is 0 Å². The van der Waals surface area contributed by atoms with E-state index in [0.717, 1.165) is 0 Å². The van der Waals surface area contributed by atoms with Gasteiger partial charge in [-0.3, -0.25) is 0 Å². The minimum Gasteiger partial charge on any atom is -0.818 e. The van der Waals surface area contributed by atoms with Crippen LogP contribution in [0.25, 0.3) is 0 Å². The van der Waals surface area contributed by atoms with Gasteiger partial charge in [0.2, 0.25) is 0 Å². The van der Waals surface area contributed by atoms with Crippen molar-refractivity contribution in [1.29, 1.82) is 0 Å². The van der Waals surface area contributed by atoms with Gasteiger partial charge in [-0.2, -0.15) is 0 Å². The summed E-state index contributed by atoms with van der Waals surface area (Å²) in [7, 11) is 0. The first-order valence-corrected chi connectivity index (χ1v) is 1.73. The van der Waals surface area contributed by atoms with Crippen molar-refractivity contribution >= 4 is 25.3 Å². The summed E-state index contributed by atoms with van der Waals surface area (Å²) in [5, 5.41) is 0.417. The third kappa shape index (κ3) is 22.7. The molecule has 0 rings (SSSR count). The maximum atomic E-state index is 4.21. The summed E-state index contributed by atoms with van der Waals surface area (Å²) in [6.07, 6.45) is 0. The van der Waals surface area contributed by atoms with Gasteiger partial charge in [0.15, 0.2) is 0 Å².